The van der Waals surface area contributed by atoms with Crippen LogP contribution in [0.2, 0.25) is 0 Å². The minimum Gasteiger partial charge on any atom is -0.467 e. The standard InChI is InChI=1S/C27H35N3O4S2/c1-5-7-16-30(6-2)36(32,33)23-12-10-21(11-13-23)26(31)29-17-14-22(15-18-29)34-27-28-24-19(3)8-9-20(4)25(24)35-27/h8-13,22H,5-7,14-18H2,1-4H3. The maximum Gasteiger partial charge on any atom is 0.274 e. The van der Waals surface area contributed by atoms with Gasteiger partial charge in [0.2, 0.25) is 10.0 Å². The second-order valence-corrected chi connectivity index (χ2v) is 12.2. The van der Waals surface area contributed by atoms with Gasteiger partial charge in [-0.15, -0.1) is 0 Å². The van der Waals surface area contributed by atoms with Crippen LogP contribution < -0.4 is 4.74 Å². The SMILES string of the molecule is CCCCN(CC)S(=O)(=O)c1ccc(C(=O)N2CCC(Oc3nc4c(C)ccc(C)c4s3)CC2)cc1. The number of hydrogen-bond donors (Lipinski definition) is 0. The molecule has 0 atom stereocenters. The highest BCUT2D eigenvalue weighted by molar-refractivity contribution is 7.89. The van der Waals surface area contributed by atoms with Gasteiger partial charge in [0, 0.05) is 44.6 Å². The Morgan fingerprint density at radius 3 is 2.36 bits per heavy atom. The van der Waals surface area contributed by atoms with Crippen LogP contribution in [0.25, 0.3) is 10.2 Å². The van der Waals surface area contributed by atoms with E-state index in [0.717, 1.165) is 41.5 Å². The molecule has 36 heavy (non-hydrogen) atoms. The van der Waals surface area contributed by atoms with Crippen LogP contribution in [0.3, 0.4) is 0 Å². The monoisotopic (exact) mass is 529 g/mol. The van der Waals surface area contributed by atoms with Gasteiger partial charge in [0.25, 0.3) is 11.1 Å². The van der Waals surface area contributed by atoms with Crippen LogP contribution in [0.1, 0.15) is 61.0 Å². The summed E-state index contributed by atoms with van der Waals surface area (Å²) in [7, 11) is -3.56. The summed E-state index contributed by atoms with van der Waals surface area (Å²) in [6, 6.07) is 10.5. The third-order valence-electron chi connectivity index (χ3n) is 6.77. The number of carbonyl (C=O) groups excluding carboxylic acids is 1. The molecule has 9 heteroatoms. The lowest BCUT2D eigenvalue weighted by Gasteiger charge is -2.31. The average molecular weight is 530 g/mol. The summed E-state index contributed by atoms with van der Waals surface area (Å²) in [5, 5.41) is 0.684. The molecule has 0 N–H and O–H groups in total. The molecule has 0 saturated carbocycles. The Morgan fingerprint density at radius 2 is 1.75 bits per heavy atom. The normalized spacial score (nSPS) is 15.1. The molecule has 2 aromatic carbocycles. The van der Waals surface area contributed by atoms with Crippen LogP contribution in [-0.2, 0) is 10.0 Å². The molecule has 2 heterocycles. The molecule has 1 fully saturated rings. The zero-order valence-electron chi connectivity index (χ0n) is 21.5. The van der Waals surface area contributed by atoms with Crippen LogP contribution in [0.5, 0.6) is 5.19 Å². The molecule has 4 rings (SSSR count). The second kappa shape index (κ2) is 11.3. The molecule has 1 amide bonds. The molecular weight excluding hydrogens is 494 g/mol. The molecule has 0 bridgehead atoms. The molecule has 0 radical (unpaired) electrons. The van der Waals surface area contributed by atoms with Gasteiger partial charge in [-0.05, 0) is 55.7 Å². The van der Waals surface area contributed by atoms with E-state index in [-0.39, 0.29) is 16.9 Å². The molecule has 1 saturated heterocycles. The van der Waals surface area contributed by atoms with Crippen molar-refractivity contribution in [2.45, 2.75) is 64.4 Å². The third kappa shape index (κ3) is 5.58. The second-order valence-electron chi connectivity index (χ2n) is 9.34. The van der Waals surface area contributed by atoms with Gasteiger partial charge in [0.05, 0.1) is 15.1 Å². The Balaban J connectivity index is 1.36. The van der Waals surface area contributed by atoms with Gasteiger partial charge in [-0.3, -0.25) is 4.79 Å². The number of hydrogen-bond acceptors (Lipinski definition) is 6. The molecule has 1 aliphatic heterocycles. The molecule has 1 aromatic heterocycles. The van der Waals surface area contributed by atoms with E-state index in [9.17, 15) is 13.2 Å². The molecular formula is C27H35N3O4S2. The van der Waals surface area contributed by atoms with E-state index in [0.29, 0.717) is 36.9 Å². The van der Waals surface area contributed by atoms with Gasteiger partial charge in [-0.2, -0.15) is 4.31 Å². The zero-order chi connectivity index (χ0) is 25.9. The lowest BCUT2D eigenvalue weighted by atomic mass is 10.1. The Kier molecular flexibility index (Phi) is 8.32. The number of benzene rings is 2. The minimum absolute atomic E-state index is 0.0193. The predicted molar refractivity (Wildman–Crippen MR) is 144 cm³/mol. The highest BCUT2D eigenvalue weighted by Crippen LogP contribution is 2.33. The van der Waals surface area contributed by atoms with Gasteiger partial charge in [0.15, 0.2) is 0 Å². The van der Waals surface area contributed by atoms with Crippen LogP contribution in [-0.4, -0.2) is 60.8 Å². The fraction of sp³-hybridized carbons (Fsp3) is 0.481. The van der Waals surface area contributed by atoms with Gasteiger partial charge < -0.3 is 9.64 Å². The van der Waals surface area contributed by atoms with Crippen molar-refractivity contribution in [3.63, 3.8) is 0 Å². The van der Waals surface area contributed by atoms with Crippen LogP contribution in [0.15, 0.2) is 41.3 Å². The number of fused-ring (bicyclic) bond motifs is 1. The number of likely N-dealkylation sites (tertiary alicyclic amines) is 1. The molecule has 194 valence electrons. The van der Waals surface area contributed by atoms with Gasteiger partial charge in [-0.1, -0.05) is 43.7 Å². The summed E-state index contributed by atoms with van der Waals surface area (Å²) in [5.41, 5.74) is 3.84. The topological polar surface area (TPSA) is 79.8 Å². The average Bonchev–Trinajstić information content (AvgIpc) is 3.32. The van der Waals surface area contributed by atoms with E-state index in [1.165, 1.54) is 9.87 Å². The minimum atomic E-state index is -3.56. The molecule has 0 unspecified atom stereocenters. The molecule has 3 aromatic rings. The maximum atomic E-state index is 13.1. The highest BCUT2D eigenvalue weighted by Gasteiger charge is 2.27. The lowest BCUT2D eigenvalue weighted by molar-refractivity contribution is 0.0595. The summed E-state index contributed by atoms with van der Waals surface area (Å²) >= 11 is 1.58. The number of amides is 1. The zero-order valence-corrected chi connectivity index (χ0v) is 23.1. The third-order valence-corrected chi connectivity index (χ3v) is 9.84. The number of rotatable bonds is 9. The van der Waals surface area contributed by atoms with Crippen molar-refractivity contribution in [2.24, 2.45) is 0 Å². The first-order valence-electron chi connectivity index (χ1n) is 12.7. The van der Waals surface area contributed by atoms with Gasteiger partial charge in [-0.25, -0.2) is 13.4 Å². The Labute approximate surface area is 218 Å². The number of sulfonamides is 1. The molecule has 0 spiro atoms. The van der Waals surface area contributed by atoms with Crippen LogP contribution >= 0.6 is 11.3 Å². The lowest BCUT2D eigenvalue weighted by Crippen LogP contribution is -2.41. The molecule has 0 aliphatic carbocycles. The first kappa shape index (κ1) is 26.6. The van der Waals surface area contributed by atoms with Crippen molar-refractivity contribution >= 4 is 37.5 Å². The number of aryl methyl sites for hydroxylation is 2. The van der Waals surface area contributed by atoms with E-state index in [1.54, 1.807) is 35.6 Å². The number of unbranched alkanes of at least 4 members (excludes halogenated alkanes) is 1. The number of aromatic nitrogens is 1. The van der Waals surface area contributed by atoms with E-state index < -0.39 is 10.0 Å². The number of nitrogens with zero attached hydrogens (tertiary/aromatic N) is 3. The summed E-state index contributed by atoms with van der Waals surface area (Å²) in [4.78, 5) is 19.8. The number of piperidine rings is 1. The summed E-state index contributed by atoms with van der Waals surface area (Å²) in [6.07, 6.45) is 3.23. The summed E-state index contributed by atoms with van der Waals surface area (Å²) < 4.78 is 34.7. The summed E-state index contributed by atoms with van der Waals surface area (Å²) in [6.45, 7) is 10.1. The predicted octanol–water partition coefficient (Wildman–Crippen LogP) is 5.41. The van der Waals surface area contributed by atoms with Crippen molar-refractivity contribution in [2.75, 3.05) is 26.2 Å². The smallest absolute Gasteiger partial charge is 0.274 e. The van der Waals surface area contributed by atoms with Crippen molar-refractivity contribution in [3.8, 4) is 5.19 Å². The first-order chi connectivity index (χ1) is 17.2. The fourth-order valence-corrected chi connectivity index (χ4v) is 7.01. The quantitative estimate of drug-likeness (QED) is 0.370. The molecule has 7 nitrogen and oxygen atoms in total. The fourth-order valence-electron chi connectivity index (χ4n) is 4.49. The van der Waals surface area contributed by atoms with E-state index in [4.69, 9.17) is 9.72 Å². The summed E-state index contributed by atoms with van der Waals surface area (Å²) in [5.74, 6) is -0.0815. The van der Waals surface area contributed by atoms with Crippen LogP contribution in [0.4, 0.5) is 0 Å². The van der Waals surface area contributed by atoms with Gasteiger partial charge >= 0.3 is 0 Å². The van der Waals surface area contributed by atoms with E-state index in [1.807, 2.05) is 18.7 Å². The Hall–Kier alpha value is -2.49. The van der Waals surface area contributed by atoms with Crippen molar-refractivity contribution in [1.82, 2.24) is 14.2 Å². The highest BCUT2D eigenvalue weighted by atomic mass is 32.2. The Bertz CT molecular complexity index is 1270. The van der Waals surface area contributed by atoms with Gasteiger partial charge in [0.1, 0.15) is 6.10 Å². The maximum absolute atomic E-state index is 13.1. The number of thiazole rings is 1. The van der Waals surface area contributed by atoms with E-state index in [2.05, 4.69) is 26.0 Å². The number of ether oxygens (including phenoxy) is 1. The van der Waals surface area contributed by atoms with Crippen molar-refractivity contribution < 1.29 is 17.9 Å². The van der Waals surface area contributed by atoms with Crippen LogP contribution in [0, 0.1) is 13.8 Å². The largest absolute Gasteiger partial charge is 0.467 e. The number of carbonyl (C=O) groups is 1. The van der Waals surface area contributed by atoms with E-state index >= 15 is 0 Å². The first-order valence-corrected chi connectivity index (χ1v) is 14.9. The van der Waals surface area contributed by atoms with Crippen molar-refractivity contribution in [3.05, 3.63) is 53.1 Å². The molecule has 1 aliphatic rings. The Morgan fingerprint density at radius 1 is 1.08 bits per heavy atom. The van der Waals surface area contributed by atoms with Crippen molar-refractivity contribution in [1.29, 1.82) is 0 Å².